The van der Waals surface area contributed by atoms with Crippen molar-refractivity contribution in [1.82, 2.24) is 0 Å². The third-order valence-electron chi connectivity index (χ3n) is 3.58. The number of anilines is 2. The number of alkyl halides is 3. The van der Waals surface area contributed by atoms with E-state index in [1.165, 1.54) is 18.6 Å². The number of carbonyl (C=O) groups is 1. The average molecular weight is 365 g/mol. The van der Waals surface area contributed by atoms with E-state index in [9.17, 15) is 18.0 Å². The molecule has 1 aliphatic rings. The lowest BCUT2D eigenvalue weighted by Gasteiger charge is -2.36. The van der Waals surface area contributed by atoms with E-state index < -0.39 is 12.1 Å². The molecule has 2 rings (SSSR count). The molecule has 0 bridgehead atoms. The monoisotopic (exact) mass is 364 g/mol. The summed E-state index contributed by atoms with van der Waals surface area (Å²) >= 11 is 3.38. The number of rotatable bonds is 2. The lowest BCUT2D eigenvalue weighted by atomic mass is 10.0. The zero-order valence-electron chi connectivity index (χ0n) is 11.5. The van der Waals surface area contributed by atoms with Crippen LogP contribution in [-0.4, -0.2) is 24.7 Å². The minimum atomic E-state index is -4.88. The van der Waals surface area contributed by atoms with E-state index in [2.05, 4.69) is 27.8 Å². The maximum absolute atomic E-state index is 12.2. The number of nitrogens with zero attached hydrogens (tertiary/aromatic N) is 1. The van der Waals surface area contributed by atoms with Crippen molar-refractivity contribution < 1.29 is 18.0 Å². The first kappa shape index (κ1) is 16.1. The van der Waals surface area contributed by atoms with E-state index in [-0.39, 0.29) is 5.69 Å². The van der Waals surface area contributed by atoms with E-state index in [1.807, 2.05) is 5.32 Å². The fraction of sp³-hybridized carbons (Fsp3) is 0.500. The third-order valence-corrected chi connectivity index (χ3v) is 4.21. The SMILES string of the molecule is CC1CCCCN1c1ccc(NC(=O)C(F)(F)F)cc1Br. The van der Waals surface area contributed by atoms with Crippen LogP contribution in [0.2, 0.25) is 0 Å². The second kappa shape index (κ2) is 6.25. The Hall–Kier alpha value is -1.24. The van der Waals surface area contributed by atoms with Crippen LogP contribution in [0.5, 0.6) is 0 Å². The summed E-state index contributed by atoms with van der Waals surface area (Å²) in [5.74, 6) is -1.96. The van der Waals surface area contributed by atoms with Gasteiger partial charge in [-0.25, -0.2) is 0 Å². The standard InChI is InChI=1S/C14H16BrF3N2O/c1-9-4-2-3-7-20(9)12-6-5-10(8-11(12)15)19-13(21)14(16,17)18/h5-6,8-9H,2-4,7H2,1H3,(H,19,21). The minimum Gasteiger partial charge on any atom is -0.368 e. The molecule has 1 unspecified atom stereocenters. The van der Waals surface area contributed by atoms with Crippen molar-refractivity contribution in [2.75, 3.05) is 16.8 Å². The Labute approximate surface area is 129 Å². The number of benzene rings is 1. The van der Waals surface area contributed by atoms with E-state index in [0.717, 1.165) is 25.1 Å². The molecule has 1 aromatic rings. The molecule has 1 aliphatic heterocycles. The van der Waals surface area contributed by atoms with Gasteiger partial charge < -0.3 is 10.2 Å². The number of piperidine rings is 1. The van der Waals surface area contributed by atoms with Crippen LogP contribution in [0, 0.1) is 0 Å². The first-order chi connectivity index (χ1) is 9.79. The van der Waals surface area contributed by atoms with Crippen LogP contribution in [0.1, 0.15) is 26.2 Å². The number of hydrogen-bond acceptors (Lipinski definition) is 2. The van der Waals surface area contributed by atoms with Crippen molar-refractivity contribution in [1.29, 1.82) is 0 Å². The summed E-state index contributed by atoms with van der Waals surface area (Å²) in [6.07, 6.45) is -1.50. The average Bonchev–Trinajstić information content (AvgIpc) is 2.39. The predicted octanol–water partition coefficient (Wildman–Crippen LogP) is 4.33. The maximum atomic E-state index is 12.2. The van der Waals surface area contributed by atoms with Crippen molar-refractivity contribution >= 4 is 33.2 Å². The third kappa shape index (κ3) is 3.90. The Morgan fingerprint density at radius 1 is 1.38 bits per heavy atom. The van der Waals surface area contributed by atoms with Gasteiger partial charge in [-0.3, -0.25) is 4.79 Å². The molecule has 0 aromatic heterocycles. The van der Waals surface area contributed by atoms with Crippen LogP contribution in [0.25, 0.3) is 0 Å². The fourth-order valence-electron chi connectivity index (χ4n) is 2.48. The summed E-state index contributed by atoms with van der Waals surface area (Å²) in [6, 6.07) is 5.12. The molecule has 1 saturated heterocycles. The normalized spacial score (nSPS) is 19.5. The summed E-state index contributed by atoms with van der Waals surface area (Å²) in [7, 11) is 0. The number of hydrogen-bond donors (Lipinski definition) is 1. The van der Waals surface area contributed by atoms with Crippen LogP contribution >= 0.6 is 15.9 Å². The van der Waals surface area contributed by atoms with Crippen molar-refractivity contribution in [3.05, 3.63) is 22.7 Å². The summed E-state index contributed by atoms with van der Waals surface area (Å²) < 4.78 is 37.4. The van der Waals surface area contributed by atoms with Crippen LogP contribution in [0.15, 0.2) is 22.7 Å². The quantitative estimate of drug-likeness (QED) is 0.846. The van der Waals surface area contributed by atoms with Gasteiger partial charge in [0.05, 0.1) is 5.69 Å². The largest absolute Gasteiger partial charge is 0.471 e. The first-order valence-electron chi connectivity index (χ1n) is 6.73. The first-order valence-corrected chi connectivity index (χ1v) is 7.52. The molecule has 1 amide bonds. The highest BCUT2D eigenvalue weighted by Gasteiger charge is 2.38. The second-order valence-electron chi connectivity index (χ2n) is 5.16. The van der Waals surface area contributed by atoms with Crippen LogP contribution < -0.4 is 10.2 Å². The highest BCUT2D eigenvalue weighted by molar-refractivity contribution is 9.10. The molecule has 0 radical (unpaired) electrons. The van der Waals surface area contributed by atoms with Gasteiger partial charge in [-0.05, 0) is 60.3 Å². The Morgan fingerprint density at radius 3 is 2.67 bits per heavy atom. The van der Waals surface area contributed by atoms with Gasteiger partial charge in [-0.15, -0.1) is 0 Å². The van der Waals surface area contributed by atoms with Gasteiger partial charge >= 0.3 is 12.1 Å². The molecule has 0 saturated carbocycles. The van der Waals surface area contributed by atoms with E-state index in [1.54, 1.807) is 6.07 Å². The molecule has 0 spiro atoms. The van der Waals surface area contributed by atoms with Crippen molar-refractivity contribution in [3.63, 3.8) is 0 Å². The second-order valence-corrected chi connectivity index (χ2v) is 6.01. The highest BCUT2D eigenvalue weighted by atomic mass is 79.9. The minimum absolute atomic E-state index is 0.123. The summed E-state index contributed by atoms with van der Waals surface area (Å²) in [6.45, 7) is 3.05. The molecule has 21 heavy (non-hydrogen) atoms. The molecule has 3 nitrogen and oxygen atoms in total. The molecule has 7 heteroatoms. The Kier molecular flexibility index (Phi) is 4.81. The molecule has 1 N–H and O–H groups in total. The zero-order valence-corrected chi connectivity index (χ0v) is 13.1. The number of halogens is 4. The predicted molar refractivity (Wildman–Crippen MR) is 79.5 cm³/mol. The van der Waals surface area contributed by atoms with Crippen LogP contribution in [0.4, 0.5) is 24.5 Å². The highest BCUT2D eigenvalue weighted by Crippen LogP contribution is 2.33. The molecular formula is C14H16BrF3N2O. The van der Waals surface area contributed by atoms with Gasteiger partial charge in [-0.1, -0.05) is 0 Å². The van der Waals surface area contributed by atoms with Gasteiger partial charge in [0.1, 0.15) is 0 Å². The lowest BCUT2D eigenvalue weighted by Crippen LogP contribution is -2.37. The number of carbonyl (C=O) groups excluding carboxylic acids is 1. The summed E-state index contributed by atoms with van der Waals surface area (Å²) in [5.41, 5.74) is 1.06. The van der Waals surface area contributed by atoms with E-state index >= 15 is 0 Å². The van der Waals surface area contributed by atoms with E-state index in [4.69, 9.17) is 0 Å². The number of amides is 1. The molecule has 1 fully saturated rings. The van der Waals surface area contributed by atoms with Crippen molar-refractivity contribution in [2.45, 2.75) is 38.4 Å². The van der Waals surface area contributed by atoms with Crippen molar-refractivity contribution in [2.24, 2.45) is 0 Å². The fourth-order valence-corrected chi connectivity index (χ4v) is 3.08. The topological polar surface area (TPSA) is 32.3 Å². The molecule has 116 valence electrons. The summed E-state index contributed by atoms with van der Waals surface area (Å²) in [4.78, 5) is 13.1. The molecule has 1 atom stereocenters. The summed E-state index contributed by atoms with van der Waals surface area (Å²) in [5, 5.41) is 1.85. The van der Waals surface area contributed by atoms with Gasteiger partial charge in [-0.2, -0.15) is 13.2 Å². The molecule has 1 aromatic carbocycles. The van der Waals surface area contributed by atoms with Crippen LogP contribution in [0.3, 0.4) is 0 Å². The maximum Gasteiger partial charge on any atom is 0.471 e. The zero-order chi connectivity index (χ0) is 15.6. The van der Waals surface area contributed by atoms with Gasteiger partial charge in [0.2, 0.25) is 0 Å². The van der Waals surface area contributed by atoms with Gasteiger partial charge in [0.15, 0.2) is 0 Å². The van der Waals surface area contributed by atoms with Gasteiger partial charge in [0, 0.05) is 22.7 Å². The molecule has 0 aliphatic carbocycles. The Morgan fingerprint density at radius 2 is 2.10 bits per heavy atom. The lowest BCUT2D eigenvalue weighted by molar-refractivity contribution is -0.167. The van der Waals surface area contributed by atoms with E-state index in [0.29, 0.717) is 10.5 Å². The number of nitrogens with one attached hydrogen (secondary N) is 1. The molecular weight excluding hydrogens is 349 g/mol. The van der Waals surface area contributed by atoms with Crippen LogP contribution in [-0.2, 0) is 4.79 Å². The van der Waals surface area contributed by atoms with Crippen molar-refractivity contribution in [3.8, 4) is 0 Å². The smallest absolute Gasteiger partial charge is 0.368 e. The Balaban J connectivity index is 2.16. The van der Waals surface area contributed by atoms with Gasteiger partial charge in [0.25, 0.3) is 0 Å². The Bertz CT molecular complexity index is 533. The molecule has 1 heterocycles.